The molecule has 0 aliphatic rings. The quantitative estimate of drug-likeness (QED) is 0.559. The zero-order valence-electron chi connectivity index (χ0n) is 5.87. The highest BCUT2D eigenvalue weighted by molar-refractivity contribution is 14.1. The fourth-order valence-electron chi connectivity index (χ4n) is 0.710. The van der Waals surface area contributed by atoms with Crippen LogP contribution in [0.3, 0.4) is 0 Å². The maximum Gasteiger partial charge on any atom is 0.250 e. The molecule has 1 rings (SSSR count). The van der Waals surface area contributed by atoms with E-state index in [0.717, 1.165) is 0 Å². The molecule has 0 aliphatic heterocycles. The van der Waals surface area contributed by atoms with Crippen molar-refractivity contribution in [1.82, 2.24) is 4.57 Å². The van der Waals surface area contributed by atoms with Crippen LogP contribution in [0.4, 0.5) is 0 Å². The molecule has 0 aromatic carbocycles. The molecule has 0 spiro atoms. The third kappa shape index (κ3) is 1.89. The molecule has 0 N–H and O–H groups in total. The van der Waals surface area contributed by atoms with Crippen LogP contribution >= 0.6 is 22.6 Å². The number of carbonyl (C=O) groups is 1. The van der Waals surface area contributed by atoms with Crippen LogP contribution in [0.15, 0.2) is 23.1 Å². The molecule has 0 saturated carbocycles. The number of aryl methyl sites for hydroxylation is 1. The van der Waals surface area contributed by atoms with Crippen molar-refractivity contribution in [3.05, 3.63) is 34.2 Å². The SMILES string of the molecule is Cn1cc(C(=O)I)ccc1=O. The molecule has 3 nitrogen and oxygen atoms in total. The first-order valence-electron chi connectivity index (χ1n) is 2.98. The highest BCUT2D eigenvalue weighted by Crippen LogP contribution is 2.01. The Kier molecular flexibility index (Phi) is 2.43. The predicted molar refractivity (Wildman–Crippen MR) is 50.0 cm³/mol. The fraction of sp³-hybridized carbons (Fsp3) is 0.143. The standard InChI is InChI=1S/C7H6INO2/c1-9-4-5(7(8)11)2-3-6(9)10/h2-4H,1H3. The molecule has 11 heavy (non-hydrogen) atoms. The molecule has 0 bridgehead atoms. The van der Waals surface area contributed by atoms with Crippen molar-refractivity contribution in [3.8, 4) is 0 Å². The lowest BCUT2D eigenvalue weighted by Crippen LogP contribution is -2.15. The lowest BCUT2D eigenvalue weighted by molar-refractivity contribution is 0.110. The third-order valence-corrected chi connectivity index (χ3v) is 1.94. The Hall–Kier alpha value is -0.650. The Labute approximate surface area is 77.2 Å². The highest BCUT2D eigenvalue weighted by Gasteiger charge is 2.00. The Balaban J connectivity index is 3.26. The molecular weight excluding hydrogens is 257 g/mol. The van der Waals surface area contributed by atoms with E-state index >= 15 is 0 Å². The second kappa shape index (κ2) is 3.17. The van der Waals surface area contributed by atoms with E-state index in [9.17, 15) is 9.59 Å². The van der Waals surface area contributed by atoms with Crippen molar-refractivity contribution in [1.29, 1.82) is 0 Å². The molecule has 0 atom stereocenters. The summed E-state index contributed by atoms with van der Waals surface area (Å²) in [7, 11) is 1.62. The average molecular weight is 263 g/mol. The smallest absolute Gasteiger partial charge is 0.250 e. The zero-order chi connectivity index (χ0) is 8.43. The first-order chi connectivity index (χ1) is 5.11. The number of aromatic nitrogens is 1. The van der Waals surface area contributed by atoms with Gasteiger partial charge in [-0.1, -0.05) is 0 Å². The Morgan fingerprint density at radius 1 is 1.55 bits per heavy atom. The molecule has 1 heterocycles. The van der Waals surface area contributed by atoms with Crippen LogP contribution in [0.25, 0.3) is 0 Å². The van der Waals surface area contributed by atoms with E-state index in [1.165, 1.54) is 22.9 Å². The molecule has 1 aromatic rings. The normalized spacial score (nSPS) is 9.64. The summed E-state index contributed by atoms with van der Waals surface area (Å²) in [5, 5.41) is 0. The van der Waals surface area contributed by atoms with E-state index in [2.05, 4.69) is 0 Å². The van der Waals surface area contributed by atoms with Crippen LogP contribution in [0.2, 0.25) is 0 Å². The molecule has 0 radical (unpaired) electrons. The summed E-state index contributed by atoms with van der Waals surface area (Å²) in [6.45, 7) is 0. The highest BCUT2D eigenvalue weighted by atomic mass is 127. The minimum Gasteiger partial charge on any atom is -0.318 e. The molecule has 0 fully saturated rings. The van der Waals surface area contributed by atoms with Crippen LogP contribution in [0.1, 0.15) is 10.4 Å². The van der Waals surface area contributed by atoms with Crippen LogP contribution in [-0.4, -0.2) is 8.36 Å². The van der Waals surface area contributed by atoms with Crippen LogP contribution < -0.4 is 5.56 Å². The van der Waals surface area contributed by atoms with Gasteiger partial charge in [0.15, 0.2) is 0 Å². The minimum atomic E-state index is -0.105. The Morgan fingerprint density at radius 3 is 2.64 bits per heavy atom. The number of carbonyl (C=O) groups excluding carboxylic acids is 1. The third-order valence-electron chi connectivity index (χ3n) is 1.31. The first-order valence-corrected chi connectivity index (χ1v) is 4.05. The maximum atomic E-state index is 10.8. The number of nitrogens with zero attached hydrogens (tertiary/aromatic N) is 1. The van der Waals surface area contributed by atoms with Crippen LogP contribution in [0, 0.1) is 0 Å². The summed E-state index contributed by atoms with van der Waals surface area (Å²) in [6.07, 6.45) is 1.52. The summed E-state index contributed by atoms with van der Waals surface area (Å²) in [5.74, 6) is 0. The lowest BCUT2D eigenvalue weighted by atomic mass is 10.3. The Bertz CT molecular complexity index is 343. The van der Waals surface area contributed by atoms with Crippen molar-refractivity contribution in [2.24, 2.45) is 7.05 Å². The predicted octanol–water partition coefficient (Wildman–Crippen LogP) is 0.961. The number of rotatable bonds is 1. The van der Waals surface area contributed by atoms with E-state index in [0.29, 0.717) is 5.56 Å². The fourth-order valence-corrected chi connectivity index (χ4v) is 1.03. The summed E-state index contributed by atoms with van der Waals surface area (Å²) in [4.78, 5) is 21.6. The monoisotopic (exact) mass is 263 g/mol. The van der Waals surface area contributed by atoms with E-state index in [-0.39, 0.29) is 9.35 Å². The molecule has 0 aliphatic carbocycles. The van der Waals surface area contributed by atoms with E-state index < -0.39 is 0 Å². The lowest BCUT2D eigenvalue weighted by Gasteiger charge is -1.96. The van der Waals surface area contributed by atoms with Crippen LogP contribution in [-0.2, 0) is 7.05 Å². The first kappa shape index (κ1) is 8.45. The van der Waals surface area contributed by atoms with Gasteiger partial charge in [-0.05, 0) is 6.07 Å². The van der Waals surface area contributed by atoms with Crippen molar-refractivity contribution in [2.45, 2.75) is 0 Å². The second-order valence-electron chi connectivity index (χ2n) is 2.14. The van der Waals surface area contributed by atoms with Crippen LogP contribution in [0.5, 0.6) is 0 Å². The van der Waals surface area contributed by atoms with Gasteiger partial charge in [0.05, 0.1) is 0 Å². The largest absolute Gasteiger partial charge is 0.318 e. The minimum absolute atomic E-state index is 0.0572. The van der Waals surface area contributed by atoms with Crippen molar-refractivity contribution in [3.63, 3.8) is 0 Å². The van der Waals surface area contributed by atoms with Gasteiger partial charge in [-0.2, -0.15) is 0 Å². The molecule has 4 heteroatoms. The summed E-state index contributed by atoms with van der Waals surface area (Å²) in [6, 6.07) is 2.91. The number of halogens is 1. The molecule has 58 valence electrons. The van der Waals surface area contributed by atoms with E-state index in [1.807, 2.05) is 0 Å². The van der Waals surface area contributed by atoms with Gasteiger partial charge in [0, 0.05) is 47.5 Å². The topological polar surface area (TPSA) is 39.1 Å². The summed E-state index contributed by atoms with van der Waals surface area (Å²) >= 11 is 1.68. The van der Waals surface area contributed by atoms with Gasteiger partial charge in [-0.15, -0.1) is 0 Å². The number of hydrogen-bond acceptors (Lipinski definition) is 2. The maximum absolute atomic E-state index is 10.8. The van der Waals surface area contributed by atoms with E-state index in [4.69, 9.17) is 0 Å². The average Bonchev–Trinajstić information content (AvgIpc) is 1.94. The van der Waals surface area contributed by atoms with Gasteiger partial charge < -0.3 is 4.57 Å². The van der Waals surface area contributed by atoms with Gasteiger partial charge in [-0.3, -0.25) is 9.59 Å². The van der Waals surface area contributed by atoms with Gasteiger partial charge in [0.2, 0.25) is 9.35 Å². The number of hydrogen-bond donors (Lipinski definition) is 0. The second-order valence-corrected chi connectivity index (χ2v) is 3.12. The Morgan fingerprint density at radius 2 is 2.18 bits per heavy atom. The zero-order valence-corrected chi connectivity index (χ0v) is 8.03. The van der Waals surface area contributed by atoms with Crippen molar-refractivity contribution < 1.29 is 4.79 Å². The molecule has 0 amide bonds. The van der Waals surface area contributed by atoms with Gasteiger partial charge in [0.1, 0.15) is 0 Å². The molecule has 0 saturated heterocycles. The molecule has 0 unspecified atom stereocenters. The van der Waals surface area contributed by atoms with Gasteiger partial charge >= 0.3 is 0 Å². The molecular formula is C7H6INO2. The van der Waals surface area contributed by atoms with Gasteiger partial charge in [0.25, 0.3) is 0 Å². The molecule has 1 aromatic heterocycles. The van der Waals surface area contributed by atoms with E-state index in [1.54, 1.807) is 29.6 Å². The van der Waals surface area contributed by atoms with Gasteiger partial charge in [-0.25, -0.2) is 0 Å². The summed E-state index contributed by atoms with van der Waals surface area (Å²) < 4.78 is 1.32. The van der Waals surface area contributed by atoms with Crippen molar-refractivity contribution >= 4 is 26.4 Å². The number of pyridine rings is 1. The van der Waals surface area contributed by atoms with Crippen molar-refractivity contribution in [2.75, 3.05) is 0 Å². The summed E-state index contributed by atoms with van der Waals surface area (Å²) in [5.41, 5.74) is 0.444.